The second kappa shape index (κ2) is 9.20. The van der Waals surface area contributed by atoms with Crippen molar-refractivity contribution in [1.82, 2.24) is 0 Å². The van der Waals surface area contributed by atoms with E-state index in [0.717, 1.165) is 16.7 Å². The highest BCUT2D eigenvalue weighted by atomic mass is 16.5. The molecule has 164 valence electrons. The van der Waals surface area contributed by atoms with E-state index in [1.54, 1.807) is 6.07 Å². The van der Waals surface area contributed by atoms with E-state index in [2.05, 4.69) is 5.32 Å². The molecule has 0 spiro atoms. The minimum absolute atomic E-state index is 0.0291. The summed E-state index contributed by atoms with van der Waals surface area (Å²) in [6.45, 7) is 7.50. The third kappa shape index (κ3) is 5.05. The molecule has 7 nitrogen and oxygen atoms in total. The largest absolute Gasteiger partial charge is 0.495 e. The number of ether oxygens (including phenoxy) is 2. The standard InChI is InChI=1S/C24H28N2O5/c1-14-6-8-19(16(3)10-14)25-23(28)17(4)31-24(29)18-12-22(27)26(13-18)20-11-15(2)7-9-21(20)30-5/h6-11,17-18H,12-13H2,1-5H3,(H,25,28)/t17-,18-/m0/s1. The topological polar surface area (TPSA) is 84.9 Å². The van der Waals surface area contributed by atoms with E-state index in [-0.39, 0.29) is 18.9 Å². The number of amides is 2. The van der Waals surface area contributed by atoms with Crippen LogP contribution < -0.4 is 15.0 Å². The molecule has 1 heterocycles. The summed E-state index contributed by atoms with van der Waals surface area (Å²) >= 11 is 0. The number of nitrogens with one attached hydrogen (secondary N) is 1. The van der Waals surface area contributed by atoms with Gasteiger partial charge in [-0.2, -0.15) is 0 Å². The molecule has 0 bridgehead atoms. The van der Waals surface area contributed by atoms with Gasteiger partial charge < -0.3 is 19.7 Å². The smallest absolute Gasteiger partial charge is 0.312 e. The first-order chi connectivity index (χ1) is 14.7. The SMILES string of the molecule is COc1ccc(C)cc1N1C[C@@H](C(=O)O[C@@H](C)C(=O)Nc2ccc(C)cc2C)CC1=O. The Kier molecular flexibility index (Phi) is 6.63. The number of hydrogen-bond donors (Lipinski definition) is 1. The lowest BCUT2D eigenvalue weighted by atomic mass is 10.1. The summed E-state index contributed by atoms with van der Waals surface area (Å²) in [6.07, 6.45) is -0.952. The minimum Gasteiger partial charge on any atom is -0.495 e. The van der Waals surface area contributed by atoms with Crippen molar-refractivity contribution in [2.75, 3.05) is 23.9 Å². The van der Waals surface area contributed by atoms with Crippen LogP contribution in [-0.4, -0.2) is 37.5 Å². The maximum Gasteiger partial charge on any atom is 0.312 e. The molecule has 2 aromatic carbocycles. The number of carbonyl (C=O) groups excluding carboxylic acids is 3. The molecule has 1 N–H and O–H groups in total. The number of methoxy groups -OCH3 is 1. The van der Waals surface area contributed by atoms with Crippen molar-refractivity contribution in [1.29, 1.82) is 0 Å². The van der Waals surface area contributed by atoms with E-state index in [1.165, 1.54) is 18.9 Å². The zero-order valence-electron chi connectivity index (χ0n) is 18.5. The van der Waals surface area contributed by atoms with Crippen LogP contribution in [0.5, 0.6) is 5.75 Å². The third-order valence-corrected chi connectivity index (χ3v) is 5.39. The molecule has 0 radical (unpaired) electrons. The number of esters is 1. The number of carbonyl (C=O) groups is 3. The molecule has 3 rings (SSSR count). The first-order valence-electron chi connectivity index (χ1n) is 10.2. The van der Waals surface area contributed by atoms with Gasteiger partial charge in [-0.15, -0.1) is 0 Å². The normalized spacial score (nSPS) is 16.7. The quantitative estimate of drug-likeness (QED) is 0.717. The summed E-state index contributed by atoms with van der Waals surface area (Å²) < 4.78 is 10.7. The van der Waals surface area contributed by atoms with Gasteiger partial charge in [0.1, 0.15) is 5.75 Å². The van der Waals surface area contributed by atoms with Crippen molar-refractivity contribution >= 4 is 29.2 Å². The fraction of sp³-hybridized carbons (Fsp3) is 0.375. The minimum atomic E-state index is -0.981. The molecule has 2 amide bonds. The highest BCUT2D eigenvalue weighted by Crippen LogP contribution is 2.34. The molecule has 1 fully saturated rings. The number of rotatable bonds is 6. The Morgan fingerprint density at radius 3 is 2.45 bits per heavy atom. The van der Waals surface area contributed by atoms with Gasteiger partial charge in [-0.25, -0.2) is 0 Å². The molecule has 0 aromatic heterocycles. The first kappa shape index (κ1) is 22.3. The van der Waals surface area contributed by atoms with Crippen molar-refractivity contribution in [3.8, 4) is 5.75 Å². The number of nitrogens with zero attached hydrogens (tertiary/aromatic N) is 1. The lowest BCUT2D eigenvalue weighted by Gasteiger charge is -2.20. The lowest BCUT2D eigenvalue weighted by Crippen LogP contribution is -2.33. The van der Waals surface area contributed by atoms with Crippen molar-refractivity contribution in [3.05, 3.63) is 53.1 Å². The molecule has 0 saturated carbocycles. The van der Waals surface area contributed by atoms with Crippen molar-refractivity contribution in [2.24, 2.45) is 5.92 Å². The summed E-state index contributed by atoms with van der Waals surface area (Å²) in [5.74, 6) is -1.24. The summed E-state index contributed by atoms with van der Waals surface area (Å²) in [6, 6.07) is 11.2. The summed E-state index contributed by atoms with van der Waals surface area (Å²) in [4.78, 5) is 39.3. The molecule has 7 heteroatoms. The lowest BCUT2D eigenvalue weighted by molar-refractivity contribution is -0.157. The Morgan fingerprint density at radius 2 is 1.77 bits per heavy atom. The fourth-order valence-electron chi connectivity index (χ4n) is 3.62. The van der Waals surface area contributed by atoms with Gasteiger partial charge in [0.05, 0.1) is 18.7 Å². The van der Waals surface area contributed by atoms with Crippen LogP contribution in [-0.2, 0) is 19.1 Å². The van der Waals surface area contributed by atoms with Crippen LogP contribution in [0.25, 0.3) is 0 Å². The van der Waals surface area contributed by atoms with Crippen LogP contribution in [0.2, 0.25) is 0 Å². The van der Waals surface area contributed by atoms with Crippen LogP contribution >= 0.6 is 0 Å². The maximum absolute atomic E-state index is 12.7. The molecule has 1 aliphatic rings. The Balaban J connectivity index is 1.64. The molecule has 1 aliphatic heterocycles. The van der Waals surface area contributed by atoms with E-state index in [0.29, 0.717) is 17.1 Å². The van der Waals surface area contributed by atoms with E-state index in [9.17, 15) is 14.4 Å². The molecule has 2 atom stereocenters. The summed E-state index contributed by atoms with van der Waals surface area (Å²) in [5, 5.41) is 2.79. The molecule has 31 heavy (non-hydrogen) atoms. The van der Waals surface area contributed by atoms with Crippen molar-refractivity contribution in [3.63, 3.8) is 0 Å². The third-order valence-electron chi connectivity index (χ3n) is 5.39. The molecule has 0 aliphatic carbocycles. The van der Waals surface area contributed by atoms with E-state index < -0.39 is 23.9 Å². The van der Waals surface area contributed by atoms with Gasteiger partial charge in [0.15, 0.2) is 6.10 Å². The van der Waals surface area contributed by atoms with E-state index in [4.69, 9.17) is 9.47 Å². The van der Waals surface area contributed by atoms with Gasteiger partial charge in [0, 0.05) is 18.7 Å². The van der Waals surface area contributed by atoms with Crippen LogP contribution in [0.15, 0.2) is 36.4 Å². The highest BCUT2D eigenvalue weighted by molar-refractivity contribution is 6.01. The van der Waals surface area contributed by atoms with Crippen LogP contribution in [0.1, 0.15) is 30.0 Å². The van der Waals surface area contributed by atoms with Gasteiger partial charge >= 0.3 is 5.97 Å². The summed E-state index contributed by atoms with van der Waals surface area (Å²) in [5.41, 5.74) is 4.30. The van der Waals surface area contributed by atoms with Gasteiger partial charge in [0.2, 0.25) is 5.91 Å². The van der Waals surface area contributed by atoms with Gasteiger partial charge in [-0.3, -0.25) is 14.4 Å². The molecule has 0 unspecified atom stereocenters. The molecule has 1 saturated heterocycles. The summed E-state index contributed by atoms with van der Waals surface area (Å²) in [7, 11) is 1.54. The zero-order valence-corrected chi connectivity index (χ0v) is 18.5. The highest BCUT2D eigenvalue weighted by Gasteiger charge is 2.38. The van der Waals surface area contributed by atoms with Crippen LogP contribution in [0.3, 0.4) is 0 Å². The predicted octanol–water partition coefficient (Wildman–Crippen LogP) is 3.54. The maximum atomic E-state index is 12.7. The monoisotopic (exact) mass is 424 g/mol. The van der Waals surface area contributed by atoms with E-state index >= 15 is 0 Å². The Hall–Kier alpha value is -3.35. The van der Waals surface area contributed by atoms with Gasteiger partial charge in [0.25, 0.3) is 5.91 Å². The van der Waals surface area contributed by atoms with Crippen molar-refractivity contribution < 1.29 is 23.9 Å². The molecular formula is C24H28N2O5. The number of anilines is 2. The fourth-order valence-corrected chi connectivity index (χ4v) is 3.62. The first-order valence-corrected chi connectivity index (χ1v) is 10.2. The Morgan fingerprint density at radius 1 is 1.10 bits per heavy atom. The van der Waals surface area contributed by atoms with Gasteiger partial charge in [-0.1, -0.05) is 23.8 Å². The second-order valence-corrected chi connectivity index (χ2v) is 7.97. The van der Waals surface area contributed by atoms with Crippen LogP contribution in [0, 0.1) is 26.7 Å². The number of aryl methyl sites for hydroxylation is 3. The average Bonchev–Trinajstić information content (AvgIpc) is 3.11. The van der Waals surface area contributed by atoms with E-state index in [1.807, 2.05) is 51.1 Å². The Labute approximate surface area is 182 Å². The van der Waals surface area contributed by atoms with Gasteiger partial charge in [-0.05, 0) is 57.0 Å². The van der Waals surface area contributed by atoms with Crippen molar-refractivity contribution in [2.45, 2.75) is 40.2 Å². The Bertz CT molecular complexity index is 1020. The second-order valence-electron chi connectivity index (χ2n) is 7.97. The number of benzene rings is 2. The molecule has 2 aromatic rings. The zero-order chi connectivity index (χ0) is 22.7. The predicted molar refractivity (Wildman–Crippen MR) is 118 cm³/mol. The molecular weight excluding hydrogens is 396 g/mol. The van der Waals surface area contributed by atoms with Crippen LogP contribution in [0.4, 0.5) is 11.4 Å². The number of hydrogen-bond acceptors (Lipinski definition) is 5. The average molecular weight is 424 g/mol.